The summed E-state index contributed by atoms with van der Waals surface area (Å²) in [6.07, 6.45) is 0. The molecule has 2 aromatic carbocycles. The number of aliphatic hydroxyl groups is 1. The van der Waals surface area contributed by atoms with Crippen molar-refractivity contribution in [3.63, 3.8) is 0 Å². The van der Waals surface area contributed by atoms with Crippen LogP contribution in [0.2, 0.25) is 0 Å². The molecule has 2 rings (SSSR count). The summed E-state index contributed by atoms with van der Waals surface area (Å²) in [6, 6.07) is 16.5. The van der Waals surface area contributed by atoms with E-state index in [1.165, 1.54) is 16.8 Å². The van der Waals surface area contributed by atoms with E-state index in [1.54, 1.807) is 7.05 Å². The van der Waals surface area contributed by atoms with Gasteiger partial charge in [0.2, 0.25) is 0 Å². The Kier molecular flexibility index (Phi) is 7.48. The van der Waals surface area contributed by atoms with Crippen molar-refractivity contribution >= 4 is 11.6 Å². The van der Waals surface area contributed by atoms with Gasteiger partial charge in [-0.3, -0.25) is 4.99 Å². The van der Waals surface area contributed by atoms with Gasteiger partial charge in [0.15, 0.2) is 5.96 Å². The third-order valence-corrected chi connectivity index (χ3v) is 4.40. The minimum Gasteiger partial charge on any atom is -0.396 e. The molecule has 0 aromatic heterocycles. The van der Waals surface area contributed by atoms with Crippen molar-refractivity contribution in [1.82, 2.24) is 10.6 Å². The van der Waals surface area contributed by atoms with Crippen LogP contribution in [0.5, 0.6) is 0 Å². The lowest BCUT2D eigenvalue weighted by atomic mass is 10.0. The van der Waals surface area contributed by atoms with E-state index < -0.39 is 0 Å². The third kappa shape index (κ3) is 5.49. The molecule has 0 amide bonds. The summed E-state index contributed by atoms with van der Waals surface area (Å²) in [5.74, 6) is 0.760. The quantitative estimate of drug-likeness (QED) is 0.528. The molecule has 0 aliphatic heterocycles. The predicted molar refractivity (Wildman–Crippen MR) is 110 cm³/mol. The Labute approximate surface area is 156 Å². The molecule has 0 fully saturated rings. The van der Waals surface area contributed by atoms with E-state index in [2.05, 4.69) is 59.7 Å². The Bertz CT molecular complexity index is 713. The molecule has 140 valence electrons. The largest absolute Gasteiger partial charge is 0.396 e. The van der Waals surface area contributed by atoms with Crippen molar-refractivity contribution in [3.05, 3.63) is 65.2 Å². The molecule has 1 unspecified atom stereocenters. The Morgan fingerprint density at radius 2 is 1.85 bits per heavy atom. The fourth-order valence-corrected chi connectivity index (χ4v) is 2.87. The van der Waals surface area contributed by atoms with Crippen LogP contribution in [0.25, 0.3) is 0 Å². The van der Waals surface area contributed by atoms with Gasteiger partial charge < -0.3 is 20.6 Å². The van der Waals surface area contributed by atoms with Gasteiger partial charge in [0, 0.05) is 45.8 Å². The van der Waals surface area contributed by atoms with Crippen LogP contribution in [0.15, 0.2) is 53.5 Å². The first kappa shape index (κ1) is 19.8. The number of rotatable bonds is 7. The number of aliphatic hydroxyl groups excluding tert-OH is 1. The van der Waals surface area contributed by atoms with E-state index in [0.717, 1.165) is 11.5 Å². The Balaban J connectivity index is 1.96. The molecule has 0 heterocycles. The second-order valence-corrected chi connectivity index (χ2v) is 6.62. The van der Waals surface area contributed by atoms with E-state index >= 15 is 0 Å². The molecular formula is C21H30N4O. The van der Waals surface area contributed by atoms with Crippen LogP contribution in [0.1, 0.15) is 22.6 Å². The van der Waals surface area contributed by atoms with E-state index in [0.29, 0.717) is 13.1 Å². The van der Waals surface area contributed by atoms with Crippen molar-refractivity contribution < 1.29 is 5.11 Å². The summed E-state index contributed by atoms with van der Waals surface area (Å²) >= 11 is 0. The molecule has 0 bridgehead atoms. The Morgan fingerprint density at radius 1 is 1.12 bits per heavy atom. The highest BCUT2D eigenvalue weighted by Gasteiger charge is 2.11. The van der Waals surface area contributed by atoms with Crippen LogP contribution in [0, 0.1) is 6.92 Å². The molecule has 1 atom stereocenters. The second kappa shape index (κ2) is 9.82. The Morgan fingerprint density at radius 3 is 2.46 bits per heavy atom. The molecule has 5 nitrogen and oxygen atoms in total. The highest BCUT2D eigenvalue weighted by atomic mass is 16.3. The first-order valence-electron chi connectivity index (χ1n) is 8.92. The fourth-order valence-electron chi connectivity index (χ4n) is 2.87. The summed E-state index contributed by atoms with van der Waals surface area (Å²) in [6.45, 7) is 3.50. The molecular weight excluding hydrogens is 324 g/mol. The molecule has 2 aromatic rings. The third-order valence-electron chi connectivity index (χ3n) is 4.40. The van der Waals surface area contributed by atoms with Crippen molar-refractivity contribution in [2.24, 2.45) is 4.99 Å². The highest BCUT2D eigenvalue weighted by Crippen LogP contribution is 2.20. The maximum absolute atomic E-state index is 9.69. The van der Waals surface area contributed by atoms with Crippen LogP contribution in [-0.2, 0) is 6.54 Å². The summed E-state index contributed by atoms with van der Waals surface area (Å²) in [5, 5.41) is 16.4. The number of guanidine groups is 1. The SMILES string of the molecule is CN=C(NCc1ccc(C)cc1N(C)C)NCC(CO)c1ccccc1. The number of benzene rings is 2. The smallest absolute Gasteiger partial charge is 0.191 e. The average Bonchev–Trinajstić information content (AvgIpc) is 2.66. The van der Waals surface area contributed by atoms with Gasteiger partial charge in [-0.05, 0) is 29.7 Å². The van der Waals surface area contributed by atoms with Crippen LogP contribution >= 0.6 is 0 Å². The maximum Gasteiger partial charge on any atom is 0.191 e. The molecule has 0 aliphatic rings. The van der Waals surface area contributed by atoms with E-state index in [-0.39, 0.29) is 12.5 Å². The predicted octanol–water partition coefficient (Wildman–Crippen LogP) is 2.50. The molecule has 5 heteroatoms. The summed E-state index contributed by atoms with van der Waals surface area (Å²) in [5.41, 5.74) is 4.77. The number of nitrogens with one attached hydrogen (secondary N) is 2. The first-order chi connectivity index (χ1) is 12.5. The molecule has 0 spiro atoms. The standard InChI is InChI=1S/C21H30N4O/c1-16-10-11-18(20(12-16)25(3)4)13-23-21(22-2)24-14-19(15-26)17-8-6-5-7-9-17/h5-12,19,26H,13-15H2,1-4H3,(H2,22,23,24). The van der Waals surface area contributed by atoms with Crippen LogP contribution in [0.3, 0.4) is 0 Å². The van der Waals surface area contributed by atoms with Crippen molar-refractivity contribution in [2.45, 2.75) is 19.4 Å². The van der Waals surface area contributed by atoms with Gasteiger partial charge in [0.25, 0.3) is 0 Å². The van der Waals surface area contributed by atoms with Crippen LogP contribution in [-0.4, -0.2) is 45.4 Å². The zero-order valence-electron chi connectivity index (χ0n) is 16.2. The Hall–Kier alpha value is -2.53. The number of aryl methyl sites for hydroxylation is 1. The highest BCUT2D eigenvalue weighted by molar-refractivity contribution is 5.79. The van der Waals surface area contributed by atoms with Crippen LogP contribution < -0.4 is 15.5 Å². The summed E-state index contributed by atoms with van der Waals surface area (Å²) in [7, 11) is 5.86. The lowest BCUT2D eigenvalue weighted by molar-refractivity contribution is 0.265. The van der Waals surface area contributed by atoms with E-state index in [1.807, 2.05) is 30.3 Å². The molecule has 0 saturated heterocycles. The zero-order chi connectivity index (χ0) is 18.9. The zero-order valence-corrected chi connectivity index (χ0v) is 16.2. The normalized spacial score (nSPS) is 12.6. The number of aliphatic imine (C=N–C) groups is 1. The summed E-state index contributed by atoms with van der Waals surface area (Å²) < 4.78 is 0. The number of hydrogen-bond acceptors (Lipinski definition) is 3. The van der Waals surface area contributed by atoms with Crippen LogP contribution in [0.4, 0.5) is 5.69 Å². The van der Waals surface area contributed by atoms with Gasteiger partial charge in [-0.2, -0.15) is 0 Å². The molecule has 3 N–H and O–H groups in total. The van der Waals surface area contributed by atoms with Gasteiger partial charge in [0.1, 0.15) is 0 Å². The van der Waals surface area contributed by atoms with Gasteiger partial charge in [-0.1, -0.05) is 42.5 Å². The lowest BCUT2D eigenvalue weighted by Crippen LogP contribution is -2.39. The number of anilines is 1. The minimum atomic E-state index is 0.0338. The van der Waals surface area contributed by atoms with Crippen molar-refractivity contribution in [3.8, 4) is 0 Å². The molecule has 0 saturated carbocycles. The van der Waals surface area contributed by atoms with E-state index in [4.69, 9.17) is 0 Å². The maximum atomic E-state index is 9.69. The van der Waals surface area contributed by atoms with Crippen molar-refractivity contribution in [2.75, 3.05) is 39.2 Å². The minimum absolute atomic E-state index is 0.0338. The number of nitrogens with zero attached hydrogens (tertiary/aromatic N) is 2. The molecule has 0 radical (unpaired) electrons. The van der Waals surface area contributed by atoms with Gasteiger partial charge >= 0.3 is 0 Å². The monoisotopic (exact) mass is 354 g/mol. The average molecular weight is 354 g/mol. The van der Waals surface area contributed by atoms with Gasteiger partial charge in [-0.25, -0.2) is 0 Å². The van der Waals surface area contributed by atoms with E-state index in [9.17, 15) is 5.11 Å². The topological polar surface area (TPSA) is 59.9 Å². The van der Waals surface area contributed by atoms with Crippen molar-refractivity contribution in [1.29, 1.82) is 0 Å². The summed E-state index contributed by atoms with van der Waals surface area (Å²) in [4.78, 5) is 6.42. The van der Waals surface area contributed by atoms with Gasteiger partial charge in [-0.15, -0.1) is 0 Å². The molecule has 0 aliphatic carbocycles. The first-order valence-corrected chi connectivity index (χ1v) is 8.92. The van der Waals surface area contributed by atoms with Gasteiger partial charge in [0.05, 0.1) is 6.61 Å². The lowest BCUT2D eigenvalue weighted by Gasteiger charge is -2.21. The second-order valence-electron chi connectivity index (χ2n) is 6.62. The number of hydrogen-bond donors (Lipinski definition) is 3. The molecule has 26 heavy (non-hydrogen) atoms. The fraction of sp³-hybridized carbons (Fsp3) is 0.381.